The van der Waals surface area contributed by atoms with Crippen molar-refractivity contribution in [2.45, 2.75) is 16.2 Å². The van der Waals surface area contributed by atoms with E-state index in [1.165, 1.54) is 36.0 Å². The Morgan fingerprint density at radius 1 is 1.09 bits per heavy atom. The summed E-state index contributed by atoms with van der Waals surface area (Å²) in [6, 6.07) is 11.4. The first kappa shape index (κ1) is 26.7. The van der Waals surface area contributed by atoms with Gasteiger partial charge in [0.1, 0.15) is 4.91 Å². The number of nitrogens with zero attached hydrogens (tertiary/aromatic N) is 1. The van der Waals surface area contributed by atoms with Crippen molar-refractivity contribution in [3.05, 3.63) is 82.3 Å². The molecule has 0 saturated carbocycles. The van der Waals surface area contributed by atoms with Crippen LogP contribution >= 0.6 is 11.8 Å². The van der Waals surface area contributed by atoms with E-state index in [0.717, 1.165) is 15.6 Å². The molecule has 0 fully saturated rings. The molecule has 4 rings (SSSR count). The second-order valence-corrected chi connectivity index (χ2v) is 11.8. The predicted molar refractivity (Wildman–Crippen MR) is 127 cm³/mol. The van der Waals surface area contributed by atoms with E-state index < -0.39 is 31.5 Å². The van der Waals surface area contributed by atoms with Crippen molar-refractivity contribution in [3.63, 3.8) is 0 Å². The van der Waals surface area contributed by atoms with Gasteiger partial charge in [-0.3, -0.25) is 4.79 Å². The molecule has 2 aromatic rings. The predicted octanol–water partition coefficient (Wildman–Crippen LogP) is 0.0719. The van der Waals surface area contributed by atoms with Gasteiger partial charge in [-0.25, -0.2) is 16.8 Å². The summed E-state index contributed by atoms with van der Waals surface area (Å²) in [6.07, 6.45) is 6.22. The van der Waals surface area contributed by atoms with Gasteiger partial charge in [0.15, 0.2) is 0 Å². The monoisotopic (exact) mass is 526 g/mol. The van der Waals surface area contributed by atoms with Crippen LogP contribution in [0.5, 0.6) is 0 Å². The van der Waals surface area contributed by atoms with Crippen molar-refractivity contribution >= 4 is 48.9 Å². The maximum Gasteiger partial charge on any atom is 1.00 e. The van der Waals surface area contributed by atoms with Crippen LogP contribution in [0.1, 0.15) is 16.8 Å². The Bertz CT molecular complexity index is 1450. The number of nitrogen functional groups attached to an aromatic ring is 1. The van der Waals surface area contributed by atoms with E-state index in [4.69, 9.17) is 5.73 Å². The number of carbonyl (C=O) groups is 1. The maximum atomic E-state index is 12.6. The van der Waals surface area contributed by atoms with Gasteiger partial charge in [-0.05, 0) is 48.9 Å². The Morgan fingerprint density at radius 3 is 2.50 bits per heavy atom. The molecule has 0 atom stereocenters. The van der Waals surface area contributed by atoms with Crippen molar-refractivity contribution in [3.8, 4) is 0 Å². The summed E-state index contributed by atoms with van der Waals surface area (Å²) in [5, 5.41) is 0.748. The second-order valence-electron chi connectivity index (χ2n) is 7.35. The van der Waals surface area contributed by atoms with Crippen LogP contribution in [-0.4, -0.2) is 39.5 Å². The molecule has 0 radical (unpaired) electrons. The third-order valence-corrected chi connectivity index (χ3v) is 8.80. The molecule has 2 aromatic carbocycles. The van der Waals surface area contributed by atoms with E-state index in [-0.39, 0.29) is 51.3 Å². The third kappa shape index (κ3) is 5.51. The van der Waals surface area contributed by atoms with E-state index in [1.54, 1.807) is 36.4 Å². The summed E-state index contributed by atoms with van der Waals surface area (Å²) in [5.74, 6) is -1.02. The van der Waals surface area contributed by atoms with Crippen LogP contribution in [-0.2, 0) is 20.0 Å². The van der Waals surface area contributed by atoms with Crippen LogP contribution in [0.2, 0.25) is 0 Å². The minimum Gasteiger partial charge on any atom is -0.748 e. The molecule has 0 amide bonds. The molecular formula is C22H19N2NaO6S3. The summed E-state index contributed by atoms with van der Waals surface area (Å²) in [7, 11) is -8.18. The zero-order valence-corrected chi connectivity index (χ0v) is 22.6. The number of ketones is 1. The SMILES string of the molecule is Nc1ccc2c(c1)SC(=CC=CC=C1C(=O)c3ccccc3S1(=O)=O)N2CCCS(=O)(=O)[O-].[Na+]. The summed E-state index contributed by atoms with van der Waals surface area (Å²) in [6.45, 7) is 0.300. The normalized spacial score (nSPS) is 19.0. The largest absolute Gasteiger partial charge is 1.00 e. The van der Waals surface area contributed by atoms with Crippen LogP contribution < -0.4 is 40.2 Å². The minimum absolute atomic E-state index is 0. The van der Waals surface area contributed by atoms with Gasteiger partial charge >= 0.3 is 29.6 Å². The molecular weight excluding hydrogens is 507 g/mol. The number of fused-ring (bicyclic) bond motifs is 2. The number of hydrogen-bond donors (Lipinski definition) is 1. The van der Waals surface area contributed by atoms with Gasteiger partial charge in [0.05, 0.1) is 25.7 Å². The molecule has 0 saturated heterocycles. The molecule has 0 aliphatic carbocycles. The van der Waals surface area contributed by atoms with E-state index in [2.05, 4.69) is 0 Å². The number of benzene rings is 2. The first-order valence-electron chi connectivity index (χ1n) is 9.84. The first-order valence-corrected chi connectivity index (χ1v) is 13.7. The fourth-order valence-corrected chi connectivity index (χ4v) is 6.77. The van der Waals surface area contributed by atoms with Crippen molar-refractivity contribution in [1.29, 1.82) is 0 Å². The van der Waals surface area contributed by atoms with Gasteiger partial charge in [-0.2, -0.15) is 0 Å². The smallest absolute Gasteiger partial charge is 0.748 e. The molecule has 0 bridgehead atoms. The summed E-state index contributed by atoms with van der Waals surface area (Å²) < 4.78 is 58.2. The Balaban J connectivity index is 0.00000324. The van der Waals surface area contributed by atoms with Crippen molar-refractivity contribution in [1.82, 2.24) is 0 Å². The molecule has 2 N–H and O–H groups in total. The molecule has 2 aliphatic rings. The zero-order chi connectivity index (χ0) is 23.8. The maximum absolute atomic E-state index is 12.6. The van der Waals surface area contributed by atoms with Crippen LogP contribution in [0.25, 0.3) is 0 Å². The number of sulfone groups is 1. The fourth-order valence-electron chi connectivity index (χ4n) is 3.58. The zero-order valence-electron chi connectivity index (χ0n) is 18.2. The number of rotatable bonds is 6. The minimum atomic E-state index is -4.32. The Morgan fingerprint density at radius 2 is 1.79 bits per heavy atom. The summed E-state index contributed by atoms with van der Waals surface area (Å²) in [5.41, 5.74) is 7.44. The molecule has 0 spiro atoms. The van der Waals surface area contributed by atoms with Crippen LogP contribution in [0.3, 0.4) is 0 Å². The van der Waals surface area contributed by atoms with Gasteiger partial charge < -0.3 is 15.2 Å². The van der Waals surface area contributed by atoms with Gasteiger partial charge in [0, 0.05) is 28.4 Å². The fraction of sp³-hybridized carbons (Fsp3) is 0.136. The first-order chi connectivity index (χ1) is 15.6. The van der Waals surface area contributed by atoms with Gasteiger partial charge in [0.25, 0.3) is 0 Å². The average molecular weight is 527 g/mol. The molecule has 34 heavy (non-hydrogen) atoms. The Kier molecular flexibility index (Phi) is 8.18. The summed E-state index contributed by atoms with van der Waals surface area (Å²) in [4.78, 5) is 15.0. The van der Waals surface area contributed by atoms with E-state index in [9.17, 15) is 26.2 Å². The quantitative estimate of drug-likeness (QED) is 0.240. The number of carbonyl (C=O) groups excluding carboxylic acids is 1. The van der Waals surface area contributed by atoms with Crippen LogP contribution in [0, 0.1) is 0 Å². The van der Waals surface area contributed by atoms with E-state index >= 15 is 0 Å². The van der Waals surface area contributed by atoms with E-state index in [1.807, 2.05) is 11.0 Å². The Labute approximate surface area is 224 Å². The molecule has 0 unspecified atom stereocenters. The van der Waals surface area contributed by atoms with Crippen LogP contribution in [0.15, 0.2) is 86.5 Å². The molecule has 12 heteroatoms. The van der Waals surface area contributed by atoms with Crippen molar-refractivity contribution < 1.29 is 55.7 Å². The topological polar surface area (TPSA) is 138 Å². The molecule has 172 valence electrons. The van der Waals surface area contributed by atoms with Gasteiger partial charge in [0.2, 0.25) is 15.6 Å². The average Bonchev–Trinajstić information content (AvgIpc) is 3.17. The van der Waals surface area contributed by atoms with Crippen LogP contribution in [0.4, 0.5) is 11.4 Å². The third-order valence-electron chi connectivity index (χ3n) is 5.06. The number of thioether (sulfide) groups is 1. The summed E-state index contributed by atoms with van der Waals surface area (Å²) >= 11 is 1.41. The number of hydrogen-bond acceptors (Lipinski definition) is 9. The number of anilines is 2. The molecule has 2 heterocycles. The Hall–Kier alpha value is -1.86. The van der Waals surface area contributed by atoms with Gasteiger partial charge in [-0.15, -0.1) is 0 Å². The molecule has 0 aromatic heterocycles. The number of Topliss-reactive ketones (excluding diaryl/α,β-unsaturated/α-hetero) is 1. The van der Waals surface area contributed by atoms with Gasteiger partial charge in [-0.1, -0.05) is 36.0 Å². The second kappa shape index (κ2) is 10.4. The van der Waals surface area contributed by atoms with E-state index in [0.29, 0.717) is 12.2 Å². The molecule has 8 nitrogen and oxygen atoms in total. The number of allylic oxidation sites excluding steroid dienone is 5. The standard InChI is InChI=1S/C22H20N2O6S3.Na/c23-15-10-11-17-18(14-15)31-21(24(17)12-5-13-32(26,27)28)9-4-3-8-20-22(25)16-6-1-2-7-19(16)33(20,29)30;/h1-4,6-11,14H,5,12-13,23H2,(H,26,27,28);/q;+1/p-1. The molecule has 2 aliphatic heterocycles. The number of nitrogens with two attached hydrogens (primary N) is 1. The van der Waals surface area contributed by atoms with Crippen molar-refractivity contribution in [2.24, 2.45) is 0 Å². The van der Waals surface area contributed by atoms with Crippen molar-refractivity contribution in [2.75, 3.05) is 22.9 Å².